The molecule has 0 aromatic heterocycles. The molecule has 0 fully saturated rings. The van der Waals surface area contributed by atoms with Crippen LogP contribution in [0.3, 0.4) is 0 Å². The summed E-state index contributed by atoms with van der Waals surface area (Å²) in [6.45, 7) is 7.23. The molecular formula is C9H19NO2. The fourth-order valence-electron chi connectivity index (χ4n) is 0.687. The van der Waals surface area contributed by atoms with Crippen LogP contribution in [0, 0.1) is 5.92 Å². The summed E-state index contributed by atoms with van der Waals surface area (Å²) < 4.78 is 0. The minimum absolute atomic E-state index is 0.167. The molecular weight excluding hydrogens is 154 g/mol. The zero-order valence-corrected chi connectivity index (χ0v) is 8.22. The van der Waals surface area contributed by atoms with Crippen molar-refractivity contribution < 1.29 is 9.63 Å². The summed E-state index contributed by atoms with van der Waals surface area (Å²) in [7, 11) is 0. The van der Waals surface area contributed by atoms with Gasteiger partial charge < -0.3 is 4.84 Å². The van der Waals surface area contributed by atoms with Gasteiger partial charge in [0.15, 0.2) is 0 Å². The van der Waals surface area contributed by atoms with Crippen molar-refractivity contribution in [1.82, 2.24) is 5.48 Å². The molecule has 0 aliphatic heterocycles. The number of carbonyl (C=O) groups is 1. The molecule has 0 aliphatic rings. The zero-order chi connectivity index (χ0) is 9.40. The van der Waals surface area contributed by atoms with E-state index in [4.69, 9.17) is 4.84 Å². The number of carbonyl (C=O) groups excluding carboxylic acids is 1. The molecule has 0 spiro atoms. The van der Waals surface area contributed by atoms with Crippen molar-refractivity contribution in [2.24, 2.45) is 5.92 Å². The van der Waals surface area contributed by atoms with Crippen molar-refractivity contribution in [2.75, 3.05) is 13.2 Å². The van der Waals surface area contributed by atoms with Crippen LogP contribution in [0.25, 0.3) is 0 Å². The molecule has 0 saturated heterocycles. The first-order valence-corrected chi connectivity index (χ1v) is 4.47. The van der Waals surface area contributed by atoms with Gasteiger partial charge in [-0.3, -0.25) is 4.79 Å². The number of hydrogen-bond acceptors (Lipinski definition) is 3. The van der Waals surface area contributed by atoms with Crippen LogP contribution < -0.4 is 5.48 Å². The number of rotatable bonds is 7. The minimum Gasteiger partial charge on any atom is -0.301 e. The SMILES string of the molecule is CC(=O)CCONCCC(C)C. The summed E-state index contributed by atoms with van der Waals surface area (Å²) in [5.41, 5.74) is 2.82. The van der Waals surface area contributed by atoms with Gasteiger partial charge in [0, 0.05) is 13.0 Å². The van der Waals surface area contributed by atoms with Gasteiger partial charge in [-0.15, -0.1) is 0 Å². The largest absolute Gasteiger partial charge is 0.301 e. The van der Waals surface area contributed by atoms with Gasteiger partial charge in [0.2, 0.25) is 0 Å². The fraction of sp³-hybridized carbons (Fsp3) is 0.889. The molecule has 12 heavy (non-hydrogen) atoms. The molecule has 0 saturated carbocycles. The second kappa shape index (κ2) is 7.25. The molecule has 0 amide bonds. The Morgan fingerprint density at radius 3 is 2.67 bits per heavy atom. The van der Waals surface area contributed by atoms with Crippen LogP contribution in [0.5, 0.6) is 0 Å². The van der Waals surface area contributed by atoms with Crippen LogP contribution in [0.4, 0.5) is 0 Å². The van der Waals surface area contributed by atoms with Gasteiger partial charge in [0.25, 0.3) is 0 Å². The maximum Gasteiger partial charge on any atom is 0.132 e. The lowest BCUT2D eigenvalue weighted by atomic mass is 10.1. The van der Waals surface area contributed by atoms with E-state index in [0.717, 1.165) is 13.0 Å². The first kappa shape index (κ1) is 11.6. The van der Waals surface area contributed by atoms with E-state index in [-0.39, 0.29) is 5.78 Å². The Labute approximate surface area is 74.4 Å². The van der Waals surface area contributed by atoms with Crippen LogP contribution in [0.15, 0.2) is 0 Å². The lowest BCUT2D eigenvalue weighted by molar-refractivity contribution is -0.118. The highest BCUT2D eigenvalue weighted by molar-refractivity contribution is 5.75. The van der Waals surface area contributed by atoms with Crippen molar-refractivity contribution >= 4 is 5.78 Å². The van der Waals surface area contributed by atoms with Crippen LogP contribution in [-0.4, -0.2) is 18.9 Å². The van der Waals surface area contributed by atoms with Crippen molar-refractivity contribution in [3.05, 3.63) is 0 Å². The Morgan fingerprint density at radius 2 is 2.17 bits per heavy atom. The predicted octanol–water partition coefficient (Wildman–Crippen LogP) is 1.53. The third-order valence-electron chi connectivity index (χ3n) is 1.48. The maximum atomic E-state index is 10.5. The molecule has 0 atom stereocenters. The molecule has 0 radical (unpaired) electrons. The van der Waals surface area contributed by atoms with E-state index in [1.807, 2.05) is 0 Å². The number of nitrogens with one attached hydrogen (secondary N) is 1. The zero-order valence-electron chi connectivity index (χ0n) is 8.22. The third kappa shape index (κ3) is 9.59. The lowest BCUT2D eigenvalue weighted by Gasteiger charge is -2.06. The molecule has 1 N–H and O–H groups in total. The molecule has 3 nitrogen and oxygen atoms in total. The Morgan fingerprint density at radius 1 is 1.50 bits per heavy atom. The second-order valence-corrected chi connectivity index (χ2v) is 3.38. The molecule has 0 bridgehead atoms. The van der Waals surface area contributed by atoms with E-state index in [2.05, 4.69) is 19.3 Å². The molecule has 0 rings (SSSR count). The third-order valence-corrected chi connectivity index (χ3v) is 1.48. The topological polar surface area (TPSA) is 38.3 Å². The molecule has 72 valence electrons. The quantitative estimate of drug-likeness (QED) is 0.468. The van der Waals surface area contributed by atoms with Gasteiger partial charge in [0.05, 0.1) is 6.61 Å². The van der Waals surface area contributed by atoms with E-state index in [0.29, 0.717) is 18.9 Å². The highest BCUT2D eigenvalue weighted by atomic mass is 16.6. The normalized spacial score (nSPS) is 10.7. The summed E-state index contributed by atoms with van der Waals surface area (Å²) >= 11 is 0. The monoisotopic (exact) mass is 173 g/mol. The second-order valence-electron chi connectivity index (χ2n) is 3.38. The number of ketones is 1. The average molecular weight is 173 g/mol. The summed E-state index contributed by atoms with van der Waals surface area (Å²) in [5, 5.41) is 0. The highest BCUT2D eigenvalue weighted by Crippen LogP contribution is 1.96. The highest BCUT2D eigenvalue weighted by Gasteiger charge is 1.94. The van der Waals surface area contributed by atoms with Crippen LogP contribution in [-0.2, 0) is 9.63 Å². The Balaban J connectivity index is 2.96. The van der Waals surface area contributed by atoms with Gasteiger partial charge in [-0.1, -0.05) is 13.8 Å². The molecule has 0 aliphatic carbocycles. The summed E-state index contributed by atoms with van der Waals surface area (Å²) in [6.07, 6.45) is 1.59. The first-order chi connectivity index (χ1) is 5.63. The van der Waals surface area contributed by atoms with E-state index < -0.39 is 0 Å². The summed E-state index contributed by atoms with van der Waals surface area (Å²) in [6, 6.07) is 0. The van der Waals surface area contributed by atoms with Crippen LogP contribution in [0.1, 0.15) is 33.6 Å². The minimum atomic E-state index is 0.167. The van der Waals surface area contributed by atoms with Crippen molar-refractivity contribution in [1.29, 1.82) is 0 Å². The number of hydrogen-bond donors (Lipinski definition) is 1. The summed E-state index contributed by atoms with van der Waals surface area (Å²) in [4.78, 5) is 15.5. The average Bonchev–Trinajstić information content (AvgIpc) is 1.95. The molecule has 0 aromatic carbocycles. The van der Waals surface area contributed by atoms with Gasteiger partial charge in [-0.05, 0) is 19.3 Å². The lowest BCUT2D eigenvalue weighted by Crippen LogP contribution is -2.18. The number of Topliss-reactive ketones (excluding diaryl/α,β-unsaturated/α-hetero) is 1. The Kier molecular flexibility index (Phi) is 7.00. The number of hydroxylamine groups is 1. The van der Waals surface area contributed by atoms with Crippen LogP contribution >= 0.6 is 0 Å². The predicted molar refractivity (Wildman–Crippen MR) is 48.7 cm³/mol. The molecule has 0 heterocycles. The Bertz CT molecular complexity index is 124. The van der Waals surface area contributed by atoms with Crippen molar-refractivity contribution in [2.45, 2.75) is 33.6 Å². The fourth-order valence-corrected chi connectivity index (χ4v) is 0.687. The Hall–Kier alpha value is -0.410. The van der Waals surface area contributed by atoms with E-state index >= 15 is 0 Å². The standard InChI is InChI=1S/C9H19NO2/c1-8(2)4-6-10-12-7-5-9(3)11/h8,10H,4-7H2,1-3H3. The van der Waals surface area contributed by atoms with Gasteiger partial charge >= 0.3 is 0 Å². The van der Waals surface area contributed by atoms with Gasteiger partial charge in [-0.2, -0.15) is 0 Å². The van der Waals surface area contributed by atoms with E-state index in [9.17, 15) is 4.79 Å². The van der Waals surface area contributed by atoms with Gasteiger partial charge in [0.1, 0.15) is 5.78 Å². The van der Waals surface area contributed by atoms with Crippen molar-refractivity contribution in [3.63, 3.8) is 0 Å². The molecule has 0 aromatic rings. The van der Waals surface area contributed by atoms with E-state index in [1.165, 1.54) is 0 Å². The van der Waals surface area contributed by atoms with Gasteiger partial charge in [-0.25, -0.2) is 5.48 Å². The molecule has 3 heteroatoms. The smallest absolute Gasteiger partial charge is 0.132 e. The van der Waals surface area contributed by atoms with Crippen LogP contribution in [0.2, 0.25) is 0 Å². The summed E-state index contributed by atoms with van der Waals surface area (Å²) in [5.74, 6) is 0.856. The maximum absolute atomic E-state index is 10.5. The van der Waals surface area contributed by atoms with E-state index in [1.54, 1.807) is 6.92 Å². The van der Waals surface area contributed by atoms with Crippen molar-refractivity contribution in [3.8, 4) is 0 Å². The molecule has 0 unspecified atom stereocenters. The first-order valence-electron chi connectivity index (χ1n) is 4.47.